The minimum absolute atomic E-state index is 0.00449. The normalized spacial score (nSPS) is 12.9. The second kappa shape index (κ2) is 14.3. The second-order valence-corrected chi connectivity index (χ2v) is 12.8. The van der Waals surface area contributed by atoms with E-state index in [1.54, 1.807) is 4.90 Å². The van der Waals surface area contributed by atoms with Crippen molar-refractivity contribution >= 4 is 27.8 Å². The van der Waals surface area contributed by atoms with Crippen molar-refractivity contribution in [1.82, 2.24) is 0 Å². The third-order valence-electron chi connectivity index (χ3n) is 9.47. The monoisotopic (exact) mass is 682 g/mol. The summed E-state index contributed by atoms with van der Waals surface area (Å²) in [5, 5.41) is 1.89. The predicted octanol–water partition coefficient (Wildman–Crippen LogP) is 14.6. The van der Waals surface area contributed by atoms with Crippen LogP contribution in [0.15, 0.2) is 224 Å². The van der Waals surface area contributed by atoms with Gasteiger partial charge >= 0.3 is 0 Å². The van der Waals surface area contributed by atoms with Crippen LogP contribution in [0, 0.1) is 0 Å². The van der Waals surface area contributed by atoms with E-state index in [0.717, 1.165) is 33.0 Å². The molecule has 0 saturated heterocycles. The first-order chi connectivity index (χ1) is 29.2. The van der Waals surface area contributed by atoms with Gasteiger partial charge in [-0.15, -0.1) is 0 Å². The Morgan fingerprint density at radius 1 is 0.321 bits per heavy atom. The maximum Gasteiger partial charge on any atom is 0.0645 e. The molecule has 0 saturated carbocycles. The Balaban J connectivity index is 1.36. The molecule has 0 aliphatic carbocycles. The summed E-state index contributed by atoms with van der Waals surface area (Å²) in [4.78, 5) is 1.55. The third-order valence-corrected chi connectivity index (χ3v) is 9.47. The van der Waals surface area contributed by atoms with Crippen LogP contribution >= 0.6 is 0 Å². The Morgan fingerprint density at radius 2 is 0.830 bits per heavy atom. The molecule has 0 heterocycles. The van der Waals surface area contributed by atoms with E-state index in [9.17, 15) is 9.60 Å². The minimum atomic E-state index is -0.325. The lowest BCUT2D eigenvalue weighted by atomic mass is 9.89. The Labute approximate surface area is 321 Å². The van der Waals surface area contributed by atoms with E-state index >= 15 is 0 Å². The van der Waals surface area contributed by atoms with Crippen LogP contribution in [0.2, 0.25) is 0 Å². The SMILES string of the molecule is [2H]c1c([2H])c(N(c2ccc(-c3ccccc3)cc2)c2c([2H])c([2H])c(-c3ccc4ccccc4c3-c3ccccc3)c([2H])c2[2H])c(-c2ccccc2)c([2H])c1-c1ccccc1. The zero-order valence-corrected chi connectivity index (χ0v) is 28.8. The molecule has 1 heteroatoms. The van der Waals surface area contributed by atoms with Crippen LogP contribution in [0.5, 0.6) is 0 Å². The average Bonchev–Trinajstić information content (AvgIpc) is 3.30. The van der Waals surface area contributed by atoms with Gasteiger partial charge in [0, 0.05) is 16.9 Å². The largest absolute Gasteiger partial charge is 0.310 e. The van der Waals surface area contributed by atoms with Crippen molar-refractivity contribution < 1.29 is 9.60 Å². The number of hydrogen-bond acceptors (Lipinski definition) is 1. The van der Waals surface area contributed by atoms with E-state index in [2.05, 4.69) is 0 Å². The standard InChI is InChI=1S/C52H37N/c1-5-15-38(16-6-1)40-25-31-46(32-26-40)53(51-36-30-45(39-17-7-2-8-18-39)37-50(51)41-19-9-3-10-20-41)47-33-27-43(28-34-47)49-35-29-42-21-13-14-24-48(42)52(49)44-22-11-4-12-23-44/h1-37H/i27D,28D,30D,33D,34D,36D,37D. The zero-order chi connectivity index (χ0) is 41.5. The summed E-state index contributed by atoms with van der Waals surface area (Å²) in [6.07, 6.45) is 0. The third kappa shape index (κ3) is 6.42. The second-order valence-electron chi connectivity index (χ2n) is 12.8. The van der Waals surface area contributed by atoms with Gasteiger partial charge in [0.25, 0.3) is 0 Å². The van der Waals surface area contributed by atoms with Crippen molar-refractivity contribution in [2.45, 2.75) is 0 Å². The number of fused-ring (bicyclic) bond motifs is 1. The molecule has 0 aromatic heterocycles. The molecule has 0 atom stereocenters. The Hall–Kier alpha value is -6.96. The van der Waals surface area contributed by atoms with E-state index in [0.29, 0.717) is 27.9 Å². The van der Waals surface area contributed by atoms with Crippen LogP contribution in [0.3, 0.4) is 0 Å². The topological polar surface area (TPSA) is 3.24 Å². The van der Waals surface area contributed by atoms with Crippen LogP contribution < -0.4 is 4.90 Å². The van der Waals surface area contributed by atoms with E-state index in [-0.39, 0.29) is 64.8 Å². The van der Waals surface area contributed by atoms with Crippen LogP contribution in [-0.4, -0.2) is 0 Å². The number of nitrogens with zero attached hydrogens (tertiary/aromatic N) is 1. The average molecular weight is 683 g/mol. The van der Waals surface area contributed by atoms with E-state index in [1.165, 1.54) is 0 Å². The number of benzene rings is 9. The van der Waals surface area contributed by atoms with Gasteiger partial charge in [0.2, 0.25) is 0 Å². The van der Waals surface area contributed by atoms with Crippen molar-refractivity contribution in [3.8, 4) is 55.6 Å². The van der Waals surface area contributed by atoms with Crippen LogP contribution in [0.25, 0.3) is 66.4 Å². The molecule has 0 N–H and O–H groups in total. The summed E-state index contributed by atoms with van der Waals surface area (Å²) in [7, 11) is 0. The highest BCUT2D eigenvalue weighted by atomic mass is 15.1. The van der Waals surface area contributed by atoms with Gasteiger partial charge in [-0.1, -0.05) is 188 Å². The molecule has 9 aromatic rings. The maximum atomic E-state index is 9.81. The molecule has 0 aliphatic heterocycles. The fourth-order valence-corrected chi connectivity index (χ4v) is 6.88. The Morgan fingerprint density at radius 3 is 1.47 bits per heavy atom. The summed E-state index contributed by atoms with van der Waals surface area (Å²) < 4.78 is 68.0. The molecule has 9 aromatic carbocycles. The van der Waals surface area contributed by atoms with Gasteiger partial charge in [-0.2, -0.15) is 0 Å². The van der Waals surface area contributed by atoms with E-state index in [1.807, 2.05) is 182 Å². The summed E-state index contributed by atoms with van der Waals surface area (Å²) in [6.45, 7) is 0. The first-order valence-electron chi connectivity index (χ1n) is 21.1. The van der Waals surface area contributed by atoms with Crippen molar-refractivity contribution in [2.24, 2.45) is 0 Å². The van der Waals surface area contributed by atoms with E-state index in [4.69, 9.17) is 0 Å². The number of rotatable bonds is 8. The molecule has 0 aliphatic rings. The maximum absolute atomic E-state index is 9.81. The Bertz CT molecular complexity index is 3000. The molecule has 0 radical (unpaired) electrons. The van der Waals surface area contributed by atoms with Crippen LogP contribution in [0.1, 0.15) is 9.60 Å². The summed E-state index contributed by atoms with van der Waals surface area (Å²) in [5.74, 6) is 0. The minimum Gasteiger partial charge on any atom is -0.310 e. The van der Waals surface area contributed by atoms with Crippen molar-refractivity contribution in [3.05, 3.63) is 224 Å². The predicted molar refractivity (Wildman–Crippen MR) is 226 cm³/mol. The van der Waals surface area contributed by atoms with Crippen LogP contribution in [-0.2, 0) is 0 Å². The molecule has 0 spiro atoms. The van der Waals surface area contributed by atoms with Crippen molar-refractivity contribution in [3.63, 3.8) is 0 Å². The quantitative estimate of drug-likeness (QED) is 0.154. The Kier molecular flexibility index (Phi) is 6.78. The molecular formula is C52H37N. The molecule has 0 bridgehead atoms. The first-order valence-corrected chi connectivity index (χ1v) is 17.6. The van der Waals surface area contributed by atoms with Gasteiger partial charge in [0.05, 0.1) is 15.3 Å². The summed E-state index contributed by atoms with van der Waals surface area (Å²) >= 11 is 0. The smallest absolute Gasteiger partial charge is 0.0645 e. The highest BCUT2D eigenvalue weighted by Crippen LogP contribution is 2.44. The van der Waals surface area contributed by atoms with Gasteiger partial charge in [0.1, 0.15) is 0 Å². The molecule has 9 rings (SSSR count). The lowest BCUT2D eigenvalue weighted by molar-refractivity contribution is 1.28. The molecular weight excluding hydrogens is 639 g/mol. The number of hydrogen-bond donors (Lipinski definition) is 0. The molecule has 0 amide bonds. The van der Waals surface area contributed by atoms with Crippen molar-refractivity contribution in [1.29, 1.82) is 0 Å². The first kappa shape index (κ1) is 25.1. The van der Waals surface area contributed by atoms with E-state index < -0.39 is 0 Å². The number of anilines is 3. The molecule has 1 nitrogen and oxygen atoms in total. The lowest BCUT2D eigenvalue weighted by Crippen LogP contribution is -2.11. The molecule has 53 heavy (non-hydrogen) atoms. The molecule has 0 fully saturated rings. The molecule has 0 unspecified atom stereocenters. The highest BCUT2D eigenvalue weighted by Gasteiger charge is 2.19. The summed E-state index contributed by atoms with van der Waals surface area (Å²) in [6, 6.07) is 55.7. The van der Waals surface area contributed by atoms with Crippen molar-refractivity contribution in [2.75, 3.05) is 4.90 Å². The van der Waals surface area contributed by atoms with Gasteiger partial charge in [-0.3, -0.25) is 0 Å². The van der Waals surface area contributed by atoms with Gasteiger partial charge in [0.15, 0.2) is 0 Å². The fraction of sp³-hybridized carbons (Fsp3) is 0. The molecule has 250 valence electrons. The zero-order valence-electron chi connectivity index (χ0n) is 35.8. The van der Waals surface area contributed by atoms with Gasteiger partial charge in [-0.25, -0.2) is 0 Å². The van der Waals surface area contributed by atoms with Gasteiger partial charge in [-0.05, 0) is 97.1 Å². The lowest BCUT2D eigenvalue weighted by Gasteiger charge is -2.29. The fourth-order valence-electron chi connectivity index (χ4n) is 6.88. The highest BCUT2D eigenvalue weighted by molar-refractivity contribution is 6.04. The van der Waals surface area contributed by atoms with Crippen LogP contribution in [0.4, 0.5) is 17.1 Å². The summed E-state index contributed by atoms with van der Waals surface area (Å²) in [5.41, 5.74) is 6.54. The van der Waals surface area contributed by atoms with Gasteiger partial charge < -0.3 is 4.90 Å².